The van der Waals surface area contributed by atoms with Gasteiger partial charge in [0.25, 0.3) is 0 Å². The molecule has 2 aromatic rings. The summed E-state index contributed by atoms with van der Waals surface area (Å²) in [6.07, 6.45) is 2.05. The summed E-state index contributed by atoms with van der Waals surface area (Å²) in [5.41, 5.74) is -1.72. The Bertz CT molecular complexity index is 781. The van der Waals surface area contributed by atoms with E-state index in [0.717, 1.165) is 17.3 Å². The van der Waals surface area contributed by atoms with Gasteiger partial charge in [-0.2, -0.15) is 0 Å². The Balaban J connectivity index is 0.000001000. The molecule has 1 N–H and O–H groups in total. The monoisotopic (exact) mass is 537 g/mol. The SMILES string of the molecule is C[N+]1(C)[C@@H]2CC(OC(=O)C(O)(c3cccs3)c3cccs3)C[C@H]1[C@@H]1O[C@@H]12.[Br-].[CaH2].[NaH]. The Kier molecular flexibility index (Phi) is 9.01. The molecule has 5 nitrogen and oxygen atoms in total. The van der Waals surface area contributed by atoms with Crippen molar-refractivity contribution in [2.45, 2.75) is 48.8 Å². The molecule has 0 amide bonds. The van der Waals surface area contributed by atoms with Gasteiger partial charge < -0.3 is 36.0 Å². The van der Waals surface area contributed by atoms with Crippen molar-refractivity contribution in [1.29, 1.82) is 0 Å². The second kappa shape index (κ2) is 9.77. The van der Waals surface area contributed by atoms with E-state index in [1.807, 2.05) is 22.9 Å². The molecule has 1 unspecified atom stereocenters. The minimum atomic E-state index is -1.72. The molecule has 0 aliphatic carbocycles. The van der Waals surface area contributed by atoms with Crippen LogP contribution in [0.2, 0.25) is 0 Å². The Morgan fingerprint density at radius 3 is 2.03 bits per heavy atom. The Labute approximate surface area is 241 Å². The van der Waals surface area contributed by atoms with E-state index in [1.165, 1.54) is 22.7 Å². The second-order valence-corrected chi connectivity index (χ2v) is 9.89. The standard InChI is InChI=1S/C19H22NO4S2.BrH.Ca.Na.3H/c1-20(2)12-9-11(10-13(20)17-16(12)24-17)23-18(21)19(22,14-5-3-7-25-14)15-6-4-8-26-15;;;;;;/h3-8,11-13,16-17,22H,9-10H2,1-2H3;1H;;;;;/q+1;;;;;;/p-1/t11?,12-,13+,16-,17+;;;;;;. The molecule has 3 aliphatic heterocycles. The summed E-state index contributed by atoms with van der Waals surface area (Å²) >= 11 is 2.74. The molecule has 152 valence electrons. The van der Waals surface area contributed by atoms with Crippen molar-refractivity contribution in [3.63, 3.8) is 0 Å². The quantitative estimate of drug-likeness (QED) is 0.208. The van der Waals surface area contributed by atoms with Gasteiger partial charge in [-0.05, 0) is 22.9 Å². The predicted molar refractivity (Wildman–Crippen MR) is 115 cm³/mol. The number of likely N-dealkylation sites (N-methyl/N-ethyl adjacent to an activating group) is 1. The summed E-state index contributed by atoms with van der Waals surface area (Å²) in [4.78, 5) is 14.3. The molecular formula is C19H25BrCaNNaO4S2. The zero-order chi connectivity index (χ0) is 18.1. The number of esters is 1. The maximum absolute atomic E-state index is 13.1. The number of rotatable bonds is 4. The van der Waals surface area contributed by atoms with Crippen LogP contribution in [0, 0.1) is 0 Å². The molecule has 0 radical (unpaired) electrons. The second-order valence-electron chi connectivity index (χ2n) is 7.99. The van der Waals surface area contributed by atoms with Gasteiger partial charge in [0.2, 0.25) is 5.60 Å². The molecule has 5 atom stereocenters. The van der Waals surface area contributed by atoms with Crippen LogP contribution in [-0.4, -0.2) is 127 Å². The van der Waals surface area contributed by atoms with E-state index in [4.69, 9.17) is 9.47 Å². The minimum absolute atomic E-state index is 0. The first-order chi connectivity index (χ1) is 12.4. The van der Waals surface area contributed by atoms with Crippen molar-refractivity contribution in [3.8, 4) is 0 Å². The van der Waals surface area contributed by atoms with Crippen LogP contribution in [0.25, 0.3) is 0 Å². The number of hydrogen-bond donors (Lipinski definition) is 1. The van der Waals surface area contributed by atoms with Crippen LogP contribution < -0.4 is 17.0 Å². The van der Waals surface area contributed by atoms with Crippen molar-refractivity contribution in [2.24, 2.45) is 0 Å². The third-order valence-electron chi connectivity index (χ3n) is 6.36. The van der Waals surface area contributed by atoms with E-state index in [0.29, 0.717) is 34.0 Å². The first kappa shape index (κ1) is 26.7. The molecule has 2 bridgehead atoms. The Morgan fingerprint density at radius 2 is 1.62 bits per heavy atom. The zero-order valence-electron chi connectivity index (χ0n) is 15.1. The fourth-order valence-electron chi connectivity index (χ4n) is 4.83. The van der Waals surface area contributed by atoms with E-state index >= 15 is 0 Å². The Hall–Kier alpha value is 1.49. The number of ether oxygens (including phenoxy) is 2. The van der Waals surface area contributed by atoms with Gasteiger partial charge in [-0.3, -0.25) is 0 Å². The van der Waals surface area contributed by atoms with Gasteiger partial charge in [-0.15, -0.1) is 22.7 Å². The van der Waals surface area contributed by atoms with E-state index < -0.39 is 11.6 Å². The van der Waals surface area contributed by atoms with Crippen LogP contribution in [0.3, 0.4) is 0 Å². The summed E-state index contributed by atoms with van der Waals surface area (Å²) in [6.45, 7) is 0. The van der Waals surface area contributed by atoms with Crippen LogP contribution in [0.15, 0.2) is 35.0 Å². The van der Waals surface area contributed by atoms with E-state index in [2.05, 4.69) is 14.1 Å². The first-order valence-corrected chi connectivity index (χ1v) is 10.7. The van der Waals surface area contributed by atoms with Gasteiger partial charge in [0.05, 0.1) is 23.8 Å². The number of nitrogens with zero attached hydrogens (tertiary/aromatic N) is 1. The molecule has 5 heterocycles. The van der Waals surface area contributed by atoms with Crippen molar-refractivity contribution >= 4 is 95.9 Å². The van der Waals surface area contributed by atoms with Gasteiger partial charge in [0, 0.05) is 12.8 Å². The number of epoxide rings is 1. The van der Waals surface area contributed by atoms with Crippen molar-refractivity contribution in [1.82, 2.24) is 0 Å². The number of morpholine rings is 1. The summed E-state index contributed by atoms with van der Waals surface area (Å²) < 4.78 is 12.6. The first-order valence-electron chi connectivity index (χ1n) is 8.92. The number of quaternary nitrogens is 1. The van der Waals surface area contributed by atoms with Gasteiger partial charge >= 0.3 is 73.3 Å². The molecule has 3 saturated heterocycles. The molecule has 2 aromatic heterocycles. The van der Waals surface area contributed by atoms with E-state index in [-0.39, 0.29) is 90.4 Å². The molecule has 0 spiro atoms. The van der Waals surface area contributed by atoms with E-state index in [9.17, 15) is 9.90 Å². The zero-order valence-corrected chi connectivity index (χ0v) is 18.3. The fourth-order valence-corrected chi connectivity index (χ4v) is 6.54. The topological polar surface area (TPSA) is 59.1 Å². The van der Waals surface area contributed by atoms with Crippen molar-refractivity contribution in [3.05, 3.63) is 44.8 Å². The average Bonchev–Trinajstić information content (AvgIpc) is 2.98. The number of hydrogen-bond acceptors (Lipinski definition) is 6. The number of carbonyl (C=O) groups excluding carboxylic acids is 1. The third kappa shape index (κ3) is 4.36. The van der Waals surface area contributed by atoms with Crippen LogP contribution in [0.1, 0.15) is 22.6 Å². The Morgan fingerprint density at radius 1 is 1.14 bits per heavy atom. The molecule has 3 fully saturated rings. The van der Waals surface area contributed by atoms with Crippen LogP contribution in [0.5, 0.6) is 0 Å². The number of halogens is 1. The van der Waals surface area contributed by atoms with Gasteiger partial charge in [0.15, 0.2) is 0 Å². The molecule has 10 heteroatoms. The molecular weight excluding hydrogens is 513 g/mol. The van der Waals surface area contributed by atoms with Gasteiger partial charge in [-0.25, -0.2) is 4.79 Å². The number of aliphatic hydroxyl groups is 1. The normalized spacial score (nSPS) is 30.8. The summed E-state index contributed by atoms with van der Waals surface area (Å²) in [5, 5.41) is 15.1. The molecule has 5 rings (SSSR count). The summed E-state index contributed by atoms with van der Waals surface area (Å²) in [5.74, 6) is -0.561. The van der Waals surface area contributed by atoms with Gasteiger partial charge in [0.1, 0.15) is 30.4 Å². The molecule has 0 aromatic carbocycles. The fraction of sp³-hybridized carbons (Fsp3) is 0.526. The maximum atomic E-state index is 13.1. The average molecular weight is 539 g/mol. The number of piperidine rings is 1. The van der Waals surface area contributed by atoms with Gasteiger partial charge in [-0.1, -0.05) is 12.1 Å². The molecule has 3 aliphatic rings. The van der Waals surface area contributed by atoms with Crippen LogP contribution >= 0.6 is 22.7 Å². The number of carbonyl (C=O) groups is 1. The van der Waals surface area contributed by atoms with Crippen LogP contribution in [0.4, 0.5) is 0 Å². The molecule has 0 saturated carbocycles. The summed E-state index contributed by atoms with van der Waals surface area (Å²) in [6, 6.07) is 8.01. The van der Waals surface area contributed by atoms with E-state index in [1.54, 1.807) is 12.1 Å². The predicted octanol–water partition coefficient (Wildman–Crippen LogP) is -2.21. The van der Waals surface area contributed by atoms with Crippen molar-refractivity contribution < 1.29 is 40.8 Å². The number of fused-ring (bicyclic) bond motifs is 5. The van der Waals surface area contributed by atoms with Crippen molar-refractivity contribution in [2.75, 3.05) is 14.1 Å². The van der Waals surface area contributed by atoms with Crippen LogP contribution in [-0.2, 0) is 19.9 Å². The third-order valence-corrected chi connectivity index (χ3v) is 8.32. The number of thiophene rings is 2. The summed E-state index contributed by atoms with van der Waals surface area (Å²) in [7, 11) is 4.49. The molecule has 29 heavy (non-hydrogen) atoms.